The summed E-state index contributed by atoms with van der Waals surface area (Å²) < 4.78 is 0. The van der Waals surface area contributed by atoms with E-state index in [2.05, 4.69) is 53.3 Å². The van der Waals surface area contributed by atoms with Crippen LogP contribution in [0, 0.1) is 6.92 Å². The predicted molar refractivity (Wildman–Crippen MR) is 129 cm³/mol. The molecule has 0 amide bonds. The average Bonchev–Trinajstić information content (AvgIpc) is 2.71. The number of fused-ring (bicyclic) bond motifs is 1. The van der Waals surface area contributed by atoms with E-state index in [1.165, 1.54) is 35.1 Å². The van der Waals surface area contributed by atoms with Crippen LogP contribution >= 0.6 is 0 Å². The maximum absolute atomic E-state index is 12.3. The first-order valence-electron chi connectivity index (χ1n) is 11.4. The summed E-state index contributed by atoms with van der Waals surface area (Å²) in [5.41, 5.74) is 9.01. The molecule has 0 aromatic heterocycles. The Morgan fingerprint density at radius 2 is 1.52 bits per heavy atom. The molecule has 0 bridgehead atoms. The van der Waals surface area contributed by atoms with Crippen molar-refractivity contribution in [3.63, 3.8) is 0 Å². The second kappa shape index (κ2) is 7.51. The van der Waals surface area contributed by atoms with Crippen molar-refractivity contribution in [2.75, 3.05) is 0 Å². The van der Waals surface area contributed by atoms with Crippen LogP contribution in [0.25, 0.3) is 11.1 Å². The van der Waals surface area contributed by atoms with E-state index < -0.39 is 0 Å². The number of aliphatic hydroxyl groups is 1. The number of rotatable bonds is 3. The lowest BCUT2D eigenvalue weighted by molar-refractivity contribution is -0.114. The molecule has 0 spiro atoms. The van der Waals surface area contributed by atoms with Gasteiger partial charge in [-0.2, -0.15) is 0 Å². The van der Waals surface area contributed by atoms with E-state index in [0.717, 1.165) is 23.1 Å². The topological polar surface area (TPSA) is 37.3 Å². The molecule has 2 aliphatic carbocycles. The second-order valence-corrected chi connectivity index (χ2v) is 10.6. The summed E-state index contributed by atoms with van der Waals surface area (Å²) in [6.07, 6.45) is 4.21. The summed E-state index contributed by atoms with van der Waals surface area (Å²) in [7, 11) is 0. The van der Waals surface area contributed by atoms with Crippen LogP contribution in [0.15, 0.2) is 48.7 Å². The molecule has 31 heavy (non-hydrogen) atoms. The molecule has 2 nitrogen and oxygen atoms in total. The molecule has 0 saturated carbocycles. The summed E-state index contributed by atoms with van der Waals surface area (Å²) in [6.45, 7) is 16.0. The van der Waals surface area contributed by atoms with Crippen molar-refractivity contribution in [3.05, 3.63) is 82.1 Å². The summed E-state index contributed by atoms with van der Waals surface area (Å²) in [4.78, 5) is 12.3. The van der Waals surface area contributed by atoms with Gasteiger partial charge in [-0.15, -0.1) is 0 Å². The minimum Gasteiger partial charge on any atom is -0.512 e. The number of hydrogen-bond acceptors (Lipinski definition) is 2. The van der Waals surface area contributed by atoms with Gasteiger partial charge in [0.25, 0.3) is 0 Å². The lowest BCUT2D eigenvalue weighted by Crippen LogP contribution is -2.34. The number of Topliss-reactive ketones (excluding diaryl/α,β-unsaturated/α-hetero) is 1. The zero-order chi connectivity index (χ0) is 22.6. The number of ketones is 1. The maximum Gasteiger partial charge on any atom is 0.166 e. The van der Waals surface area contributed by atoms with E-state index in [9.17, 15) is 9.90 Å². The van der Waals surface area contributed by atoms with Crippen LogP contribution in [0.2, 0.25) is 0 Å². The van der Waals surface area contributed by atoms with Crippen molar-refractivity contribution in [2.24, 2.45) is 0 Å². The number of carbonyl (C=O) groups excluding carboxylic acids is 1. The van der Waals surface area contributed by atoms with Crippen molar-refractivity contribution >= 4 is 16.9 Å². The Bertz CT molecular complexity index is 1090. The Morgan fingerprint density at radius 3 is 2.10 bits per heavy atom. The van der Waals surface area contributed by atoms with Gasteiger partial charge in [0, 0.05) is 12.8 Å². The molecule has 2 aromatic carbocycles. The molecule has 0 heterocycles. The Hall–Kier alpha value is -2.61. The fourth-order valence-corrected chi connectivity index (χ4v) is 5.20. The largest absolute Gasteiger partial charge is 0.512 e. The average molecular weight is 415 g/mol. The number of benzene rings is 2. The van der Waals surface area contributed by atoms with Gasteiger partial charge in [-0.3, -0.25) is 4.79 Å². The van der Waals surface area contributed by atoms with Crippen molar-refractivity contribution in [2.45, 2.75) is 77.6 Å². The highest BCUT2D eigenvalue weighted by Crippen LogP contribution is 2.47. The number of hydrogen-bond donors (Lipinski definition) is 1. The number of allylic oxidation sites excluding steroid dienone is 2. The molecule has 2 aromatic rings. The van der Waals surface area contributed by atoms with Crippen LogP contribution in [0.4, 0.5) is 0 Å². The van der Waals surface area contributed by atoms with E-state index in [4.69, 9.17) is 0 Å². The van der Waals surface area contributed by atoms with Gasteiger partial charge in [-0.1, -0.05) is 70.7 Å². The minimum atomic E-state index is 0.0331. The standard InChI is InChI=1S/C29H34O2/c1-18-16-23-24(29(5,6)15-14-28(23,3)4)17-22(18)19(2)20-10-12-21(13-11-20)27-25(30)8-7-9-26(27)31/h10-13,16-17,30H,2,7-9,14-15H2,1,3-6H3. The van der Waals surface area contributed by atoms with Crippen LogP contribution in [-0.2, 0) is 15.6 Å². The fraction of sp³-hybridized carbons (Fsp3) is 0.414. The van der Waals surface area contributed by atoms with Crippen LogP contribution in [0.1, 0.15) is 93.2 Å². The molecule has 2 aliphatic rings. The molecule has 2 heteroatoms. The lowest BCUT2D eigenvalue weighted by Gasteiger charge is -2.42. The molecule has 1 N–H and O–H groups in total. The fourth-order valence-electron chi connectivity index (χ4n) is 5.20. The van der Waals surface area contributed by atoms with Crippen LogP contribution in [0.5, 0.6) is 0 Å². The van der Waals surface area contributed by atoms with Gasteiger partial charge >= 0.3 is 0 Å². The van der Waals surface area contributed by atoms with Crippen molar-refractivity contribution < 1.29 is 9.90 Å². The highest BCUT2D eigenvalue weighted by Gasteiger charge is 2.37. The molecule has 0 fully saturated rings. The third-order valence-corrected chi connectivity index (χ3v) is 7.43. The molecule has 162 valence electrons. The Labute approximate surface area is 186 Å². The first-order valence-corrected chi connectivity index (χ1v) is 11.4. The Balaban J connectivity index is 1.72. The van der Waals surface area contributed by atoms with Crippen LogP contribution in [-0.4, -0.2) is 10.9 Å². The molecular weight excluding hydrogens is 380 g/mol. The quantitative estimate of drug-likeness (QED) is 0.567. The summed E-state index contributed by atoms with van der Waals surface area (Å²) in [5.74, 6) is 0.254. The monoisotopic (exact) mass is 414 g/mol. The maximum atomic E-state index is 12.3. The van der Waals surface area contributed by atoms with Gasteiger partial charge < -0.3 is 5.11 Å². The smallest absolute Gasteiger partial charge is 0.166 e. The lowest BCUT2D eigenvalue weighted by atomic mass is 9.62. The zero-order valence-electron chi connectivity index (χ0n) is 19.6. The molecule has 0 atom stereocenters. The van der Waals surface area contributed by atoms with Gasteiger partial charge in [0.05, 0.1) is 5.57 Å². The third kappa shape index (κ3) is 3.78. The SMILES string of the molecule is C=C(c1ccc(C2=C(O)CCCC2=O)cc1)c1cc2c(cc1C)C(C)(C)CCC2(C)C. The first-order chi connectivity index (χ1) is 14.5. The number of carbonyl (C=O) groups is 1. The predicted octanol–water partition coefficient (Wildman–Crippen LogP) is 7.43. The summed E-state index contributed by atoms with van der Waals surface area (Å²) in [6, 6.07) is 12.7. The molecule has 0 aliphatic heterocycles. The Morgan fingerprint density at radius 1 is 0.935 bits per heavy atom. The first kappa shape index (κ1) is 21.6. The van der Waals surface area contributed by atoms with E-state index in [1.54, 1.807) is 0 Å². The molecular formula is C29H34O2. The van der Waals surface area contributed by atoms with Crippen molar-refractivity contribution in [1.82, 2.24) is 0 Å². The van der Waals surface area contributed by atoms with Gasteiger partial charge in [0.15, 0.2) is 5.78 Å². The van der Waals surface area contributed by atoms with E-state index in [1.807, 2.05) is 24.3 Å². The van der Waals surface area contributed by atoms with Crippen molar-refractivity contribution in [1.29, 1.82) is 0 Å². The normalized spacial score (nSPS) is 19.8. The van der Waals surface area contributed by atoms with Crippen molar-refractivity contribution in [3.8, 4) is 0 Å². The molecule has 0 unspecified atom stereocenters. The molecule has 4 rings (SSSR count). The third-order valence-electron chi connectivity index (χ3n) is 7.43. The van der Waals surface area contributed by atoms with Gasteiger partial charge in [-0.25, -0.2) is 0 Å². The van der Waals surface area contributed by atoms with Gasteiger partial charge in [0.1, 0.15) is 5.76 Å². The highest BCUT2D eigenvalue weighted by molar-refractivity contribution is 6.21. The highest BCUT2D eigenvalue weighted by atomic mass is 16.3. The Kier molecular flexibility index (Phi) is 5.24. The van der Waals surface area contributed by atoms with E-state index >= 15 is 0 Å². The minimum absolute atomic E-state index is 0.0331. The number of aliphatic hydroxyl groups excluding tert-OH is 1. The molecule has 0 saturated heterocycles. The van der Waals surface area contributed by atoms with Crippen LogP contribution in [0.3, 0.4) is 0 Å². The van der Waals surface area contributed by atoms with Gasteiger partial charge in [0.2, 0.25) is 0 Å². The van der Waals surface area contributed by atoms with Gasteiger partial charge in [-0.05, 0) is 76.0 Å². The summed E-state index contributed by atoms with van der Waals surface area (Å²) >= 11 is 0. The molecule has 0 radical (unpaired) electrons. The van der Waals surface area contributed by atoms with E-state index in [0.29, 0.717) is 18.4 Å². The second-order valence-electron chi connectivity index (χ2n) is 10.6. The van der Waals surface area contributed by atoms with Crippen LogP contribution < -0.4 is 0 Å². The summed E-state index contributed by atoms with van der Waals surface area (Å²) in [5, 5.41) is 10.2. The zero-order valence-corrected chi connectivity index (χ0v) is 19.6. The van der Waals surface area contributed by atoms with E-state index in [-0.39, 0.29) is 22.4 Å². The number of aryl methyl sites for hydroxylation is 1.